The Morgan fingerprint density at radius 3 is 1.92 bits per heavy atom. The van der Waals surface area contributed by atoms with Gasteiger partial charge in [-0.25, -0.2) is 0 Å². The molecule has 0 saturated carbocycles. The molecule has 0 fully saturated rings. The molecule has 5 heteroatoms. The molecule has 1 atom stereocenters. The minimum Gasteiger partial charge on any atom is -0.481 e. The summed E-state index contributed by atoms with van der Waals surface area (Å²) in [6.45, 7) is -0.148. The molecule has 0 aromatic heterocycles. The minimum absolute atomic E-state index is 0.0627. The molecular weight excluding hydrogens is 330 g/mol. The number of quaternary nitrogens is 1. The maximum atomic E-state index is 12.1. The van der Waals surface area contributed by atoms with E-state index in [0.29, 0.717) is 6.42 Å². The first kappa shape index (κ1) is 19.7. The third kappa shape index (κ3) is 17.7. The van der Waals surface area contributed by atoms with Crippen LogP contribution in [0.5, 0.6) is 0 Å². The number of aliphatic carboxylic acids is 1. The van der Waals surface area contributed by atoms with Gasteiger partial charge in [0.05, 0.1) is 31.6 Å². The third-order valence-electron chi connectivity index (χ3n) is 4.34. The summed E-state index contributed by atoms with van der Waals surface area (Å²) in [5.74, 6) is -1.55. The van der Waals surface area contributed by atoms with E-state index in [-0.39, 0.29) is 19.4 Å². The summed E-state index contributed by atoms with van der Waals surface area (Å²) in [5, 5.41) is 9.03. The molecule has 0 heterocycles. The summed E-state index contributed by atoms with van der Waals surface area (Å²) in [7, 11) is 2.97. The lowest BCUT2D eigenvalue weighted by Crippen LogP contribution is -2.43. The average Bonchev–Trinajstić information content (AvgIpc) is 2.57. The van der Waals surface area contributed by atoms with E-state index in [1.807, 2.05) is 0 Å². The van der Waals surface area contributed by atoms with Crippen molar-refractivity contribution in [3.05, 3.63) is 0 Å². The normalized spacial score (nSPS) is 15.0. The number of ether oxygens (including phenoxy) is 1. The Morgan fingerprint density at radius 2 is 1.46 bits per heavy atom. The molecule has 0 rings (SSSR count). The van der Waals surface area contributed by atoms with Gasteiger partial charge in [-0.2, -0.15) is 0 Å². The fraction of sp³-hybridized carbons (Fsp3) is 0.905. The van der Waals surface area contributed by atoms with E-state index in [2.05, 4.69) is 6.92 Å². The zero-order valence-corrected chi connectivity index (χ0v) is 17.1. The van der Waals surface area contributed by atoms with E-state index in [1.54, 1.807) is 0 Å². The maximum absolute atomic E-state index is 12.1. The van der Waals surface area contributed by atoms with Crippen LogP contribution in [0.2, 0.25) is 0 Å². The molecule has 1 N–H and O–H groups in total. The lowest BCUT2D eigenvalue weighted by molar-refractivity contribution is -0.873. The SMILES string of the molecule is [2H]C([2H])([2H])[N+](C)(C)C[C@H](CC(=O)O)OC(=O)CCCCCCCCCCCCC. The number of carboxylic acids is 1. The molecule has 0 spiro atoms. The minimum atomic E-state index is -2.31. The molecule has 0 aromatic carbocycles. The second-order valence-corrected chi connectivity index (χ2v) is 7.86. The summed E-state index contributed by atoms with van der Waals surface area (Å²) >= 11 is 0. The van der Waals surface area contributed by atoms with Crippen LogP contribution in [0.3, 0.4) is 0 Å². The van der Waals surface area contributed by atoms with Crippen molar-refractivity contribution in [3.63, 3.8) is 0 Å². The zero-order valence-electron chi connectivity index (χ0n) is 20.1. The van der Waals surface area contributed by atoms with E-state index in [1.165, 1.54) is 65.5 Å². The highest BCUT2D eigenvalue weighted by Crippen LogP contribution is 2.13. The van der Waals surface area contributed by atoms with Crippen LogP contribution < -0.4 is 0 Å². The Balaban J connectivity index is 4.04. The molecule has 0 unspecified atom stereocenters. The standard InChI is InChI=1S/C21H41NO4/c1-5-6-7-8-9-10-11-12-13-14-15-16-21(25)26-19(17-20(23)24)18-22(2,3)4/h19H,5-18H2,1-4H3/p+1/t19-/m0/s1/i2D3. The van der Waals surface area contributed by atoms with Crippen molar-refractivity contribution in [2.24, 2.45) is 0 Å². The van der Waals surface area contributed by atoms with Crippen LogP contribution in [-0.2, 0) is 14.3 Å². The summed E-state index contributed by atoms with van der Waals surface area (Å²) < 4.78 is 27.6. The Hall–Kier alpha value is -1.10. The van der Waals surface area contributed by atoms with Crippen LogP contribution in [0, 0.1) is 0 Å². The van der Waals surface area contributed by atoms with Gasteiger partial charge in [0.15, 0.2) is 6.10 Å². The Kier molecular flexibility index (Phi) is 11.3. The predicted molar refractivity (Wildman–Crippen MR) is 106 cm³/mol. The molecule has 154 valence electrons. The number of hydrogen-bond donors (Lipinski definition) is 1. The Morgan fingerprint density at radius 1 is 0.962 bits per heavy atom. The first-order chi connectivity index (χ1) is 13.5. The van der Waals surface area contributed by atoms with Crippen molar-refractivity contribution in [2.75, 3.05) is 27.6 Å². The van der Waals surface area contributed by atoms with Crippen LogP contribution >= 0.6 is 0 Å². The smallest absolute Gasteiger partial charge is 0.307 e. The highest BCUT2D eigenvalue weighted by molar-refractivity contribution is 5.71. The van der Waals surface area contributed by atoms with E-state index in [9.17, 15) is 9.59 Å². The van der Waals surface area contributed by atoms with Crippen LogP contribution in [-0.4, -0.2) is 55.2 Å². The van der Waals surface area contributed by atoms with E-state index < -0.39 is 29.5 Å². The molecule has 5 nitrogen and oxygen atoms in total. The summed E-state index contributed by atoms with van der Waals surface area (Å²) in [4.78, 5) is 23.1. The van der Waals surface area contributed by atoms with Gasteiger partial charge in [-0.15, -0.1) is 0 Å². The van der Waals surface area contributed by atoms with Crippen molar-refractivity contribution in [1.29, 1.82) is 0 Å². The molecular formula is C21H42NO4+. The second-order valence-electron chi connectivity index (χ2n) is 7.86. The van der Waals surface area contributed by atoms with Crippen LogP contribution in [0.1, 0.15) is 94.5 Å². The quantitative estimate of drug-likeness (QED) is 0.226. The Labute approximate surface area is 164 Å². The number of likely N-dealkylation sites (N-methyl/N-ethyl adjacent to an activating group) is 1. The molecule has 0 aliphatic rings. The largest absolute Gasteiger partial charge is 0.481 e. The number of carbonyl (C=O) groups is 2. The van der Waals surface area contributed by atoms with Gasteiger partial charge in [-0.05, 0) is 6.42 Å². The first-order valence-corrected chi connectivity index (χ1v) is 10.2. The number of rotatable bonds is 17. The van der Waals surface area contributed by atoms with Crippen molar-refractivity contribution >= 4 is 11.9 Å². The number of carbonyl (C=O) groups excluding carboxylic acids is 1. The molecule has 0 amide bonds. The van der Waals surface area contributed by atoms with Crippen molar-refractivity contribution in [1.82, 2.24) is 0 Å². The highest BCUT2D eigenvalue weighted by atomic mass is 16.5. The number of esters is 1. The lowest BCUT2D eigenvalue weighted by Gasteiger charge is -2.28. The Bertz CT molecular complexity index is 467. The molecule has 26 heavy (non-hydrogen) atoms. The predicted octanol–water partition coefficient (Wildman–Crippen LogP) is 4.78. The third-order valence-corrected chi connectivity index (χ3v) is 4.34. The topological polar surface area (TPSA) is 63.6 Å². The number of nitrogens with zero attached hydrogens (tertiary/aromatic N) is 1. The number of unbranched alkanes of at least 4 members (excludes halogenated alkanes) is 10. The van der Waals surface area contributed by atoms with E-state index >= 15 is 0 Å². The summed E-state index contributed by atoms with van der Waals surface area (Å²) in [6.07, 6.45) is 11.9. The summed E-state index contributed by atoms with van der Waals surface area (Å²) in [6, 6.07) is 0. The van der Waals surface area contributed by atoms with E-state index in [4.69, 9.17) is 14.0 Å². The van der Waals surface area contributed by atoms with Gasteiger partial charge < -0.3 is 14.3 Å². The molecule has 0 saturated heterocycles. The first-order valence-electron chi connectivity index (χ1n) is 11.7. The maximum Gasteiger partial charge on any atom is 0.307 e. The van der Waals surface area contributed by atoms with Crippen molar-refractivity contribution in [3.8, 4) is 0 Å². The van der Waals surface area contributed by atoms with Gasteiger partial charge in [0.25, 0.3) is 0 Å². The number of hydrogen-bond acceptors (Lipinski definition) is 3. The molecule has 0 aliphatic carbocycles. The van der Waals surface area contributed by atoms with Gasteiger partial charge >= 0.3 is 11.9 Å². The fourth-order valence-corrected chi connectivity index (χ4v) is 3.03. The zero-order chi connectivity index (χ0) is 22.3. The molecule has 0 aromatic rings. The van der Waals surface area contributed by atoms with Crippen molar-refractivity contribution < 1.29 is 28.0 Å². The van der Waals surface area contributed by atoms with Gasteiger partial charge in [0.2, 0.25) is 0 Å². The van der Waals surface area contributed by atoms with Gasteiger partial charge in [-0.3, -0.25) is 9.59 Å². The average molecular weight is 376 g/mol. The van der Waals surface area contributed by atoms with Crippen molar-refractivity contribution in [2.45, 2.75) is 96.5 Å². The highest BCUT2D eigenvalue weighted by Gasteiger charge is 2.24. The van der Waals surface area contributed by atoms with Gasteiger partial charge in [0, 0.05) is 6.42 Å². The molecule has 0 radical (unpaired) electrons. The van der Waals surface area contributed by atoms with Gasteiger partial charge in [-0.1, -0.05) is 71.1 Å². The van der Waals surface area contributed by atoms with Crippen LogP contribution in [0.25, 0.3) is 0 Å². The molecule has 0 aliphatic heterocycles. The van der Waals surface area contributed by atoms with Crippen LogP contribution in [0.4, 0.5) is 0 Å². The second kappa shape index (κ2) is 15.0. The summed E-state index contributed by atoms with van der Waals surface area (Å²) in [5.41, 5.74) is 0. The fourth-order valence-electron chi connectivity index (χ4n) is 3.03. The van der Waals surface area contributed by atoms with Gasteiger partial charge in [0.1, 0.15) is 6.54 Å². The molecule has 0 bridgehead atoms. The van der Waals surface area contributed by atoms with Crippen LogP contribution in [0.15, 0.2) is 0 Å². The lowest BCUT2D eigenvalue weighted by atomic mass is 10.1. The monoisotopic (exact) mass is 375 g/mol. The number of carboxylic acid groups (broad SMARTS) is 1. The van der Waals surface area contributed by atoms with E-state index in [0.717, 1.165) is 12.8 Å².